The molecule has 1 amide bonds. The Morgan fingerprint density at radius 1 is 1.04 bits per heavy atom. The zero-order valence-corrected chi connectivity index (χ0v) is 16.5. The minimum atomic E-state index is -0.321. The molecule has 0 N–H and O–H groups in total. The summed E-state index contributed by atoms with van der Waals surface area (Å²) >= 11 is 0. The Morgan fingerprint density at radius 3 is 2.15 bits per heavy atom. The van der Waals surface area contributed by atoms with Gasteiger partial charge in [0, 0.05) is 19.1 Å². The number of hydrogen-bond donors (Lipinski definition) is 0. The van der Waals surface area contributed by atoms with Gasteiger partial charge in [-0.1, -0.05) is 30.3 Å². The predicted octanol–water partition coefficient (Wildman–Crippen LogP) is 2.45. The van der Waals surface area contributed by atoms with Crippen LogP contribution in [0, 0.1) is 11.8 Å². The van der Waals surface area contributed by atoms with Crippen LogP contribution in [-0.2, 0) is 10.2 Å². The van der Waals surface area contributed by atoms with Crippen molar-refractivity contribution in [2.75, 3.05) is 47.3 Å². The van der Waals surface area contributed by atoms with Gasteiger partial charge < -0.3 is 14.7 Å². The van der Waals surface area contributed by atoms with Gasteiger partial charge in [0.2, 0.25) is 5.91 Å². The zero-order valence-electron chi connectivity index (χ0n) is 16.5. The van der Waals surface area contributed by atoms with Crippen LogP contribution in [0.1, 0.15) is 31.2 Å². The van der Waals surface area contributed by atoms with E-state index in [4.69, 9.17) is 0 Å². The van der Waals surface area contributed by atoms with E-state index >= 15 is 0 Å². The normalized spacial score (nSPS) is 31.4. The van der Waals surface area contributed by atoms with E-state index in [9.17, 15) is 4.79 Å². The molecule has 3 fully saturated rings. The molecule has 4 nitrogen and oxygen atoms in total. The van der Waals surface area contributed by atoms with E-state index in [1.165, 1.54) is 18.4 Å². The van der Waals surface area contributed by atoms with Crippen LogP contribution in [-0.4, -0.2) is 74.0 Å². The molecule has 4 heteroatoms. The first-order valence-corrected chi connectivity index (χ1v) is 10.2. The Kier molecular flexibility index (Phi) is 4.83. The van der Waals surface area contributed by atoms with Gasteiger partial charge in [-0.3, -0.25) is 4.79 Å². The number of fused-ring (bicyclic) bond motifs is 2. The van der Waals surface area contributed by atoms with Crippen LogP contribution in [0.15, 0.2) is 30.3 Å². The summed E-state index contributed by atoms with van der Waals surface area (Å²) in [5, 5.41) is 0. The third kappa shape index (κ3) is 2.97. The number of amides is 1. The van der Waals surface area contributed by atoms with E-state index in [1.54, 1.807) is 0 Å². The third-order valence-corrected chi connectivity index (χ3v) is 7.24. The molecule has 4 rings (SSSR count). The second-order valence-corrected chi connectivity index (χ2v) is 9.01. The quantitative estimate of drug-likeness (QED) is 0.833. The lowest BCUT2D eigenvalue weighted by atomic mass is 9.71. The average molecular weight is 356 g/mol. The van der Waals surface area contributed by atoms with Crippen molar-refractivity contribution in [3.05, 3.63) is 35.9 Å². The lowest BCUT2D eigenvalue weighted by Gasteiger charge is -2.47. The van der Waals surface area contributed by atoms with Crippen LogP contribution in [0.3, 0.4) is 0 Å². The van der Waals surface area contributed by atoms with Gasteiger partial charge in [0.05, 0.1) is 5.41 Å². The van der Waals surface area contributed by atoms with E-state index < -0.39 is 0 Å². The van der Waals surface area contributed by atoms with Gasteiger partial charge in [-0.05, 0) is 77.3 Å². The van der Waals surface area contributed by atoms with E-state index in [0.717, 1.165) is 39.0 Å². The van der Waals surface area contributed by atoms with Crippen LogP contribution in [0.2, 0.25) is 0 Å². The molecule has 2 saturated heterocycles. The lowest BCUT2D eigenvalue weighted by Crippen LogP contribution is -2.58. The van der Waals surface area contributed by atoms with Gasteiger partial charge in [0.15, 0.2) is 0 Å². The number of piperidine rings is 2. The smallest absolute Gasteiger partial charge is 0.233 e. The maximum atomic E-state index is 13.9. The third-order valence-electron chi connectivity index (χ3n) is 7.24. The number of rotatable bonds is 3. The summed E-state index contributed by atoms with van der Waals surface area (Å²) in [6.07, 6.45) is 4.43. The second-order valence-electron chi connectivity index (χ2n) is 9.01. The van der Waals surface area contributed by atoms with E-state index in [1.807, 2.05) is 0 Å². The number of carbonyl (C=O) groups excluding carboxylic acids is 1. The van der Waals surface area contributed by atoms with Crippen molar-refractivity contribution >= 4 is 5.91 Å². The summed E-state index contributed by atoms with van der Waals surface area (Å²) in [5.74, 6) is 1.68. The number of benzene rings is 1. The number of hydrogen-bond acceptors (Lipinski definition) is 3. The highest BCUT2D eigenvalue weighted by Crippen LogP contribution is 2.43. The maximum Gasteiger partial charge on any atom is 0.233 e. The summed E-state index contributed by atoms with van der Waals surface area (Å²) in [6, 6.07) is 11.2. The van der Waals surface area contributed by atoms with Crippen molar-refractivity contribution in [2.24, 2.45) is 11.8 Å². The molecule has 2 bridgehead atoms. The van der Waals surface area contributed by atoms with Gasteiger partial charge in [-0.15, -0.1) is 0 Å². The molecule has 0 radical (unpaired) electrons. The van der Waals surface area contributed by atoms with E-state index in [0.29, 0.717) is 23.8 Å². The Hall–Kier alpha value is -1.39. The second kappa shape index (κ2) is 6.97. The minimum Gasteiger partial charge on any atom is -0.341 e. The molecule has 0 aromatic heterocycles. The first kappa shape index (κ1) is 18.0. The lowest BCUT2D eigenvalue weighted by molar-refractivity contribution is -0.142. The molecule has 3 atom stereocenters. The number of carbonyl (C=O) groups is 1. The fraction of sp³-hybridized carbons (Fsp3) is 0.682. The molecule has 2 heterocycles. The fourth-order valence-electron chi connectivity index (χ4n) is 5.89. The molecule has 1 saturated carbocycles. The van der Waals surface area contributed by atoms with Gasteiger partial charge in [0.1, 0.15) is 0 Å². The molecule has 2 aliphatic heterocycles. The summed E-state index contributed by atoms with van der Waals surface area (Å²) in [7, 11) is 6.58. The Bertz CT molecular complexity index is 622. The van der Waals surface area contributed by atoms with Gasteiger partial charge in [-0.2, -0.15) is 0 Å². The van der Waals surface area contributed by atoms with Crippen molar-refractivity contribution in [3.8, 4) is 0 Å². The maximum absolute atomic E-state index is 13.9. The van der Waals surface area contributed by atoms with Crippen molar-refractivity contribution in [1.29, 1.82) is 0 Å². The average Bonchev–Trinajstić information content (AvgIpc) is 2.93. The largest absolute Gasteiger partial charge is 0.341 e. The van der Waals surface area contributed by atoms with Crippen LogP contribution in [0.4, 0.5) is 0 Å². The topological polar surface area (TPSA) is 26.8 Å². The Labute approximate surface area is 158 Å². The van der Waals surface area contributed by atoms with Gasteiger partial charge >= 0.3 is 0 Å². The predicted molar refractivity (Wildman–Crippen MR) is 105 cm³/mol. The van der Waals surface area contributed by atoms with Crippen LogP contribution >= 0.6 is 0 Å². The molecular weight excluding hydrogens is 322 g/mol. The van der Waals surface area contributed by atoms with Crippen LogP contribution in [0.25, 0.3) is 0 Å². The highest BCUT2D eigenvalue weighted by Gasteiger charge is 2.49. The molecular formula is C22H33N3O. The molecule has 26 heavy (non-hydrogen) atoms. The SMILES string of the molecule is CN1CCC(C(=O)N2C[C@H]3CC[C@@H](C2)C3N(C)C)(c2ccccc2)CC1. The summed E-state index contributed by atoms with van der Waals surface area (Å²) in [5.41, 5.74) is 0.901. The standard InChI is InChI=1S/C22H33N3O/c1-23(2)20-17-9-10-18(20)16-25(15-17)21(26)22(11-13-24(3)14-12-22)19-7-5-4-6-8-19/h4-8,17-18,20H,9-16H2,1-3H3/t17-,18+,20?. The molecule has 0 spiro atoms. The molecule has 1 aliphatic carbocycles. The van der Waals surface area contributed by atoms with Crippen LogP contribution < -0.4 is 0 Å². The van der Waals surface area contributed by atoms with E-state index in [-0.39, 0.29) is 5.41 Å². The van der Waals surface area contributed by atoms with Crippen molar-refractivity contribution in [3.63, 3.8) is 0 Å². The first-order valence-electron chi connectivity index (χ1n) is 10.2. The zero-order chi connectivity index (χ0) is 18.3. The van der Waals surface area contributed by atoms with Crippen molar-refractivity contribution < 1.29 is 4.79 Å². The molecule has 142 valence electrons. The van der Waals surface area contributed by atoms with Crippen LogP contribution in [0.5, 0.6) is 0 Å². The summed E-state index contributed by atoms with van der Waals surface area (Å²) in [6.45, 7) is 3.90. The number of nitrogens with zero attached hydrogens (tertiary/aromatic N) is 3. The minimum absolute atomic E-state index is 0.321. The molecule has 1 unspecified atom stereocenters. The fourth-order valence-corrected chi connectivity index (χ4v) is 5.89. The monoisotopic (exact) mass is 355 g/mol. The summed E-state index contributed by atoms with van der Waals surface area (Å²) in [4.78, 5) is 20.9. The molecule has 1 aromatic carbocycles. The molecule has 3 aliphatic rings. The highest BCUT2D eigenvalue weighted by molar-refractivity contribution is 5.88. The van der Waals surface area contributed by atoms with Gasteiger partial charge in [0.25, 0.3) is 0 Å². The Morgan fingerprint density at radius 2 is 1.62 bits per heavy atom. The number of likely N-dealkylation sites (tertiary alicyclic amines) is 2. The van der Waals surface area contributed by atoms with Crippen molar-refractivity contribution in [2.45, 2.75) is 37.1 Å². The van der Waals surface area contributed by atoms with Gasteiger partial charge in [-0.25, -0.2) is 0 Å². The Balaban J connectivity index is 1.60. The molecule has 1 aromatic rings. The summed E-state index contributed by atoms with van der Waals surface area (Å²) < 4.78 is 0. The van der Waals surface area contributed by atoms with E-state index in [2.05, 4.69) is 66.2 Å². The highest BCUT2D eigenvalue weighted by atomic mass is 16.2. The van der Waals surface area contributed by atoms with Crippen molar-refractivity contribution in [1.82, 2.24) is 14.7 Å². The first-order chi connectivity index (χ1) is 12.5.